The van der Waals surface area contributed by atoms with Gasteiger partial charge < -0.3 is 24.4 Å². The number of para-hydroxylation sites is 2. The summed E-state index contributed by atoms with van der Waals surface area (Å²) < 4.78 is 11.1. The summed E-state index contributed by atoms with van der Waals surface area (Å²) in [6.07, 6.45) is -0.140. The van der Waals surface area contributed by atoms with Crippen molar-refractivity contribution in [1.29, 1.82) is 0 Å². The van der Waals surface area contributed by atoms with E-state index in [9.17, 15) is 9.90 Å². The number of hydrogen-bond donors (Lipinski definition) is 1. The van der Waals surface area contributed by atoms with Gasteiger partial charge in [0.15, 0.2) is 0 Å². The Hall–Kier alpha value is -2.89. The van der Waals surface area contributed by atoms with Gasteiger partial charge >= 0.3 is 0 Å². The maximum atomic E-state index is 12.7. The van der Waals surface area contributed by atoms with Crippen LogP contribution in [0.25, 0.3) is 0 Å². The van der Waals surface area contributed by atoms with Crippen molar-refractivity contribution < 1.29 is 19.4 Å². The van der Waals surface area contributed by atoms with Gasteiger partial charge in [-0.05, 0) is 31.2 Å². The van der Waals surface area contributed by atoms with Crippen molar-refractivity contribution >= 4 is 11.6 Å². The minimum absolute atomic E-state index is 0.0914. The fraction of sp³-hybridized carbons (Fsp3) is 0.350. The van der Waals surface area contributed by atoms with Crippen LogP contribution in [0.4, 0.5) is 5.69 Å². The predicted octanol–water partition coefficient (Wildman–Crippen LogP) is 2.76. The number of anilines is 1. The van der Waals surface area contributed by atoms with Crippen LogP contribution in [0.5, 0.6) is 17.2 Å². The number of hydrogen-bond acceptors (Lipinski definition) is 5. The van der Waals surface area contributed by atoms with Crippen molar-refractivity contribution in [3.05, 3.63) is 48.0 Å². The van der Waals surface area contributed by atoms with Gasteiger partial charge in [-0.2, -0.15) is 0 Å². The smallest absolute Gasteiger partial charge is 0.257 e. The van der Waals surface area contributed by atoms with E-state index in [0.29, 0.717) is 18.8 Å². The molecule has 0 aliphatic carbocycles. The highest BCUT2D eigenvalue weighted by molar-refractivity contribution is 5.96. The second-order valence-corrected chi connectivity index (χ2v) is 6.31. The Labute approximate surface area is 153 Å². The Morgan fingerprint density at radius 1 is 1.35 bits per heavy atom. The lowest BCUT2D eigenvalue weighted by atomic mass is 10.1. The van der Waals surface area contributed by atoms with Crippen LogP contribution in [0.3, 0.4) is 0 Å². The molecule has 3 rings (SSSR count). The summed E-state index contributed by atoms with van der Waals surface area (Å²) in [7, 11) is 3.23. The Morgan fingerprint density at radius 2 is 2.12 bits per heavy atom. The lowest BCUT2D eigenvalue weighted by molar-refractivity contribution is 0.0706. The number of phenols is 1. The number of likely N-dealkylation sites (N-methyl/N-ethyl adjacent to an activating group) is 2. The van der Waals surface area contributed by atoms with Crippen LogP contribution in [0, 0.1) is 0 Å². The number of amides is 1. The van der Waals surface area contributed by atoms with Gasteiger partial charge in [0.1, 0.15) is 23.4 Å². The Morgan fingerprint density at radius 3 is 2.81 bits per heavy atom. The summed E-state index contributed by atoms with van der Waals surface area (Å²) in [5.74, 6) is 0.994. The molecular weight excluding hydrogens is 332 g/mol. The SMILES string of the molecule is CCN1CC(CN(C)C(=O)c2ccc(OC)cc2O)Oc2ccccc21. The molecule has 0 fully saturated rings. The molecule has 0 saturated heterocycles. The molecular formula is C20H24N2O4. The van der Waals surface area contributed by atoms with E-state index in [1.165, 1.54) is 13.2 Å². The molecule has 6 heteroatoms. The molecule has 0 bridgehead atoms. The summed E-state index contributed by atoms with van der Waals surface area (Å²) in [6.45, 7) is 4.10. The fourth-order valence-corrected chi connectivity index (χ4v) is 3.19. The highest BCUT2D eigenvalue weighted by atomic mass is 16.5. The van der Waals surface area contributed by atoms with Gasteiger partial charge in [-0.3, -0.25) is 4.79 Å². The molecule has 1 aliphatic rings. The van der Waals surface area contributed by atoms with Crippen molar-refractivity contribution in [1.82, 2.24) is 4.90 Å². The largest absolute Gasteiger partial charge is 0.507 e. The molecule has 2 aromatic rings. The molecule has 1 amide bonds. The summed E-state index contributed by atoms with van der Waals surface area (Å²) in [4.78, 5) is 16.5. The summed E-state index contributed by atoms with van der Waals surface area (Å²) in [5.41, 5.74) is 1.32. The van der Waals surface area contributed by atoms with E-state index in [1.54, 1.807) is 24.1 Å². The molecule has 0 saturated carbocycles. The zero-order valence-electron chi connectivity index (χ0n) is 15.3. The van der Waals surface area contributed by atoms with Crippen LogP contribution in [0.1, 0.15) is 17.3 Å². The average Bonchev–Trinajstić information content (AvgIpc) is 2.66. The number of rotatable bonds is 5. The Balaban J connectivity index is 1.72. The van der Waals surface area contributed by atoms with Crippen molar-refractivity contribution in [2.24, 2.45) is 0 Å². The van der Waals surface area contributed by atoms with E-state index < -0.39 is 0 Å². The monoisotopic (exact) mass is 356 g/mol. The highest BCUT2D eigenvalue weighted by Crippen LogP contribution is 2.33. The van der Waals surface area contributed by atoms with Gasteiger partial charge in [-0.15, -0.1) is 0 Å². The summed E-state index contributed by atoms with van der Waals surface area (Å²) in [6, 6.07) is 12.6. The van der Waals surface area contributed by atoms with Crippen LogP contribution in [0.15, 0.2) is 42.5 Å². The van der Waals surface area contributed by atoms with Gasteiger partial charge in [0.2, 0.25) is 0 Å². The number of carbonyl (C=O) groups is 1. The van der Waals surface area contributed by atoms with Crippen LogP contribution < -0.4 is 14.4 Å². The van der Waals surface area contributed by atoms with E-state index >= 15 is 0 Å². The predicted molar refractivity (Wildman–Crippen MR) is 100 cm³/mol. The zero-order valence-corrected chi connectivity index (χ0v) is 15.3. The minimum atomic E-state index is -0.254. The molecule has 1 unspecified atom stereocenters. The summed E-state index contributed by atoms with van der Waals surface area (Å²) in [5, 5.41) is 10.1. The molecule has 0 aromatic heterocycles. The molecule has 0 radical (unpaired) electrons. The van der Waals surface area contributed by atoms with E-state index in [2.05, 4.69) is 11.8 Å². The first-order valence-electron chi connectivity index (χ1n) is 8.66. The maximum absolute atomic E-state index is 12.7. The number of carbonyl (C=O) groups excluding carboxylic acids is 1. The third kappa shape index (κ3) is 3.54. The number of ether oxygens (including phenoxy) is 2. The molecule has 26 heavy (non-hydrogen) atoms. The zero-order chi connectivity index (χ0) is 18.7. The van der Waals surface area contributed by atoms with Gasteiger partial charge in [0.25, 0.3) is 5.91 Å². The maximum Gasteiger partial charge on any atom is 0.257 e. The number of phenolic OH excluding ortho intramolecular Hbond substituents is 1. The molecule has 6 nitrogen and oxygen atoms in total. The first-order chi connectivity index (χ1) is 12.5. The third-order valence-electron chi connectivity index (χ3n) is 4.56. The molecule has 1 aliphatic heterocycles. The van der Waals surface area contributed by atoms with Crippen molar-refractivity contribution in [2.75, 3.05) is 38.7 Å². The van der Waals surface area contributed by atoms with Crippen LogP contribution >= 0.6 is 0 Å². The minimum Gasteiger partial charge on any atom is -0.507 e. The quantitative estimate of drug-likeness (QED) is 0.893. The first-order valence-corrected chi connectivity index (χ1v) is 8.66. The number of aromatic hydroxyl groups is 1. The molecule has 1 heterocycles. The molecule has 1 atom stereocenters. The molecule has 1 N–H and O–H groups in total. The standard InChI is InChI=1S/C20H24N2O4/c1-4-22-13-15(26-19-8-6-5-7-17(19)22)12-21(2)20(24)16-10-9-14(25-3)11-18(16)23/h5-11,15,23H,4,12-13H2,1-3H3. The lowest BCUT2D eigenvalue weighted by Gasteiger charge is -2.37. The third-order valence-corrected chi connectivity index (χ3v) is 4.56. The van der Waals surface area contributed by atoms with Crippen molar-refractivity contribution in [2.45, 2.75) is 13.0 Å². The van der Waals surface area contributed by atoms with Gasteiger partial charge in [-0.1, -0.05) is 12.1 Å². The van der Waals surface area contributed by atoms with Gasteiger partial charge in [0.05, 0.1) is 31.5 Å². The topological polar surface area (TPSA) is 62.2 Å². The highest BCUT2D eigenvalue weighted by Gasteiger charge is 2.27. The van der Waals surface area contributed by atoms with Crippen molar-refractivity contribution in [3.8, 4) is 17.2 Å². The fourth-order valence-electron chi connectivity index (χ4n) is 3.19. The number of nitrogens with zero attached hydrogens (tertiary/aromatic N) is 2. The van der Waals surface area contributed by atoms with Crippen LogP contribution in [-0.4, -0.2) is 55.8 Å². The summed E-state index contributed by atoms with van der Waals surface area (Å²) >= 11 is 0. The average molecular weight is 356 g/mol. The molecule has 2 aromatic carbocycles. The molecule has 138 valence electrons. The second kappa shape index (κ2) is 7.56. The van der Waals surface area contributed by atoms with Gasteiger partial charge in [0, 0.05) is 19.7 Å². The van der Waals surface area contributed by atoms with Gasteiger partial charge in [-0.25, -0.2) is 0 Å². The van der Waals surface area contributed by atoms with Crippen LogP contribution in [-0.2, 0) is 0 Å². The van der Waals surface area contributed by atoms with Crippen LogP contribution in [0.2, 0.25) is 0 Å². The lowest BCUT2D eigenvalue weighted by Crippen LogP contribution is -2.46. The number of fused-ring (bicyclic) bond motifs is 1. The van der Waals surface area contributed by atoms with Crippen molar-refractivity contribution in [3.63, 3.8) is 0 Å². The second-order valence-electron chi connectivity index (χ2n) is 6.31. The van der Waals surface area contributed by atoms with E-state index in [4.69, 9.17) is 9.47 Å². The van der Waals surface area contributed by atoms with E-state index in [0.717, 1.165) is 18.0 Å². The Bertz CT molecular complexity index is 793. The van der Waals surface area contributed by atoms with E-state index in [1.807, 2.05) is 24.3 Å². The Kier molecular flexibility index (Phi) is 5.21. The first kappa shape index (κ1) is 17.9. The van der Waals surface area contributed by atoms with E-state index in [-0.39, 0.29) is 23.3 Å². The normalized spacial score (nSPS) is 15.8. The number of methoxy groups -OCH3 is 1. The molecule has 0 spiro atoms. The number of benzene rings is 2.